The highest BCUT2D eigenvalue weighted by molar-refractivity contribution is 7.99. The molecule has 0 radical (unpaired) electrons. The first-order valence-corrected chi connectivity index (χ1v) is 7.38. The zero-order valence-electron chi connectivity index (χ0n) is 10.4. The van der Waals surface area contributed by atoms with Gasteiger partial charge in [-0.3, -0.25) is 4.79 Å². The zero-order chi connectivity index (χ0) is 11.8. The van der Waals surface area contributed by atoms with E-state index in [9.17, 15) is 4.79 Å². The number of hydrogen-bond donors (Lipinski definition) is 2. The Balaban J connectivity index is 2.21. The fraction of sp³-hybridized carbons (Fsp3) is 0.917. The predicted molar refractivity (Wildman–Crippen MR) is 70.9 cm³/mol. The van der Waals surface area contributed by atoms with Gasteiger partial charge >= 0.3 is 0 Å². The minimum atomic E-state index is 0.226. The molecule has 2 N–H and O–H groups in total. The summed E-state index contributed by atoms with van der Waals surface area (Å²) in [5, 5.41) is 6.90. The lowest BCUT2D eigenvalue weighted by Crippen LogP contribution is -2.38. The van der Waals surface area contributed by atoms with Crippen LogP contribution in [0, 0.1) is 0 Å². The summed E-state index contributed by atoms with van der Waals surface area (Å²) < 4.78 is 0. The second-order valence-corrected chi connectivity index (χ2v) is 5.82. The molecule has 0 aromatic heterocycles. The van der Waals surface area contributed by atoms with Crippen molar-refractivity contribution in [1.82, 2.24) is 10.6 Å². The largest absolute Gasteiger partial charge is 0.352 e. The third-order valence-corrected chi connectivity index (χ3v) is 4.34. The van der Waals surface area contributed by atoms with E-state index in [0.29, 0.717) is 17.7 Å². The summed E-state index contributed by atoms with van der Waals surface area (Å²) in [5.41, 5.74) is 0. The maximum atomic E-state index is 11.7. The monoisotopic (exact) mass is 244 g/mol. The van der Waals surface area contributed by atoms with Gasteiger partial charge in [-0.1, -0.05) is 13.3 Å². The van der Waals surface area contributed by atoms with Gasteiger partial charge in [0.2, 0.25) is 5.91 Å². The van der Waals surface area contributed by atoms with Crippen LogP contribution in [0.2, 0.25) is 0 Å². The van der Waals surface area contributed by atoms with Crippen LogP contribution in [0.3, 0.4) is 0 Å². The Bertz CT molecular complexity index is 211. The molecule has 2 unspecified atom stereocenters. The molecule has 1 aliphatic carbocycles. The van der Waals surface area contributed by atoms with Gasteiger partial charge in [-0.25, -0.2) is 0 Å². The van der Waals surface area contributed by atoms with Gasteiger partial charge in [0.05, 0.1) is 0 Å². The highest BCUT2D eigenvalue weighted by Crippen LogP contribution is 2.29. The molecule has 0 aromatic carbocycles. The summed E-state index contributed by atoms with van der Waals surface area (Å²) in [7, 11) is 1.92. The first-order valence-electron chi connectivity index (χ1n) is 6.33. The van der Waals surface area contributed by atoms with Crippen molar-refractivity contribution in [2.45, 2.75) is 50.3 Å². The average molecular weight is 244 g/mol. The molecule has 1 saturated carbocycles. The van der Waals surface area contributed by atoms with Crippen molar-refractivity contribution < 1.29 is 4.79 Å². The molecule has 1 rings (SSSR count). The number of rotatable bonds is 7. The van der Waals surface area contributed by atoms with Crippen molar-refractivity contribution in [2.75, 3.05) is 19.3 Å². The van der Waals surface area contributed by atoms with Crippen LogP contribution in [0.5, 0.6) is 0 Å². The summed E-state index contributed by atoms with van der Waals surface area (Å²) in [6.07, 6.45) is 5.27. The average Bonchev–Trinajstić information content (AvgIpc) is 2.67. The summed E-state index contributed by atoms with van der Waals surface area (Å²) in [4.78, 5) is 11.7. The van der Waals surface area contributed by atoms with Crippen LogP contribution >= 0.6 is 11.8 Å². The van der Waals surface area contributed by atoms with Crippen LogP contribution in [-0.4, -0.2) is 36.5 Å². The molecule has 1 fully saturated rings. The molecule has 1 aliphatic rings. The quantitative estimate of drug-likeness (QED) is 0.671. The topological polar surface area (TPSA) is 41.1 Å². The van der Waals surface area contributed by atoms with E-state index >= 15 is 0 Å². The number of carbonyl (C=O) groups excluding carboxylic acids is 1. The van der Waals surface area contributed by atoms with Crippen molar-refractivity contribution >= 4 is 17.7 Å². The number of nitrogens with one attached hydrogen (secondary N) is 2. The maximum absolute atomic E-state index is 11.7. The third kappa shape index (κ3) is 4.74. The van der Waals surface area contributed by atoms with Crippen molar-refractivity contribution in [3.63, 3.8) is 0 Å². The van der Waals surface area contributed by atoms with Gasteiger partial charge in [-0.15, -0.1) is 0 Å². The van der Waals surface area contributed by atoms with Gasteiger partial charge in [0.1, 0.15) is 0 Å². The van der Waals surface area contributed by atoms with Gasteiger partial charge in [0.15, 0.2) is 0 Å². The van der Waals surface area contributed by atoms with E-state index in [0.717, 1.165) is 25.1 Å². The Morgan fingerprint density at radius 1 is 1.44 bits per heavy atom. The number of hydrogen-bond acceptors (Lipinski definition) is 3. The molecule has 0 aromatic rings. The number of carbonyl (C=O) groups is 1. The summed E-state index contributed by atoms with van der Waals surface area (Å²) >= 11 is 1.99. The normalized spacial score (nSPS) is 24.6. The fourth-order valence-corrected chi connectivity index (χ4v) is 3.41. The molecular formula is C12H24N2OS. The maximum Gasteiger partial charge on any atom is 0.220 e. The molecule has 0 aliphatic heterocycles. The lowest BCUT2D eigenvalue weighted by atomic mass is 10.2. The van der Waals surface area contributed by atoms with Crippen LogP contribution in [0.4, 0.5) is 0 Å². The second kappa shape index (κ2) is 7.96. The highest BCUT2D eigenvalue weighted by Gasteiger charge is 2.27. The van der Waals surface area contributed by atoms with Crippen LogP contribution in [0.1, 0.15) is 39.0 Å². The standard InChI is InChI=1S/C12H24N2OS/c1-3-16-11-7-4-6-10(11)14-12(15)8-5-9-13-2/h10-11,13H,3-9H2,1-2H3,(H,14,15). The van der Waals surface area contributed by atoms with Crippen molar-refractivity contribution in [2.24, 2.45) is 0 Å². The van der Waals surface area contributed by atoms with Gasteiger partial charge in [0, 0.05) is 17.7 Å². The summed E-state index contributed by atoms with van der Waals surface area (Å²) in [6, 6.07) is 0.423. The molecule has 16 heavy (non-hydrogen) atoms. The van der Waals surface area contributed by atoms with Crippen molar-refractivity contribution in [1.29, 1.82) is 0 Å². The van der Waals surface area contributed by atoms with Crippen LogP contribution in [-0.2, 0) is 4.79 Å². The highest BCUT2D eigenvalue weighted by atomic mass is 32.2. The minimum absolute atomic E-state index is 0.226. The Morgan fingerprint density at radius 3 is 2.94 bits per heavy atom. The molecule has 3 nitrogen and oxygen atoms in total. The van der Waals surface area contributed by atoms with Gasteiger partial charge in [-0.2, -0.15) is 11.8 Å². The first-order chi connectivity index (χ1) is 7.77. The molecule has 2 atom stereocenters. The van der Waals surface area contributed by atoms with Crippen LogP contribution < -0.4 is 10.6 Å². The second-order valence-electron chi connectivity index (χ2n) is 4.31. The van der Waals surface area contributed by atoms with Crippen LogP contribution in [0.15, 0.2) is 0 Å². The predicted octanol–water partition coefficient (Wildman–Crippen LogP) is 1.78. The van der Waals surface area contributed by atoms with E-state index in [2.05, 4.69) is 17.6 Å². The lowest BCUT2D eigenvalue weighted by molar-refractivity contribution is -0.121. The fourth-order valence-electron chi connectivity index (χ4n) is 2.21. The minimum Gasteiger partial charge on any atom is -0.352 e. The Hall–Kier alpha value is -0.220. The molecule has 4 heteroatoms. The van der Waals surface area contributed by atoms with Crippen molar-refractivity contribution in [3.05, 3.63) is 0 Å². The first kappa shape index (κ1) is 13.8. The van der Waals surface area contributed by atoms with E-state index in [1.165, 1.54) is 12.8 Å². The molecule has 0 bridgehead atoms. The van der Waals surface area contributed by atoms with Gasteiger partial charge < -0.3 is 10.6 Å². The van der Waals surface area contributed by atoms with E-state index in [1.54, 1.807) is 0 Å². The van der Waals surface area contributed by atoms with Crippen LogP contribution in [0.25, 0.3) is 0 Å². The molecular weight excluding hydrogens is 220 g/mol. The van der Waals surface area contributed by atoms with E-state index in [1.807, 2.05) is 18.8 Å². The molecule has 0 saturated heterocycles. The molecule has 1 amide bonds. The van der Waals surface area contributed by atoms with Gasteiger partial charge in [0.25, 0.3) is 0 Å². The zero-order valence-corrected chi connectivity index (χ0v) is 11.2. The third-order valence-electron chi connectivity index (χ3n) is 3.01. The molecule has 0 heterocycles. The van der Waals surface area contributed by atoms with Gasteiger partial charge in [-0.05, 0) is 38.6 Å². The Labute approximate surface area is 103 Å². The SMILES string of the molecule is CCSC1CCCC1NC(=O)CCCNC. The number of thioether (sulfide) groups is 1. The van der Waals surface area contributed by atoms with E-state index < -0.39 is 0 Å². The number of amides is 1. The van der Waals surface area contributed by atoms with E-state index in [-0.39, 0.29) is 5.91 Å². The molecule has 0 spiro atoms. The molecule has 94 valence electrons. The van der Waals surface area contributed by atoms with E-state index in [4.69, 9.17) is 0 Å². The Morgan fingerprint density at radius 2 is 2.25 bits per heavy atom. The smallest absolute Gasteiger partial charge is 0.220 e. The lowest BCUT2D eigenvalue weighted by Gasteiger charge is -2.20. The van der Waals surface area contributed by atoms with Crippen molar-refractivity contribution in [3.8, 4) is 0 Å². The Kier molecular flexibility index (Phi) is 6.88. The summed E-state index contributed by atoms with van der Waals surface area (Å²) in [5.74, 6) is 1.38. The summed E-state index contributed by atoms with van der Waals surface area (Å²) in [6.45, 7) is 3.11.